The summed E-state index contributed by atoms with van der Waals surface area (Å²) in [7, 11) is 0. The van der Waals surface area contributed by atoms with Gasteiger partial charge in [-0.05, 0) is 43.7 Å². The molecule has 0 unspecified atom stereocenters. The van der Waals surface area contributed by atoms with E-state index in [2.05, 4.69) is 29.6 Å². The van der Waals surface area contributed by atoms with Gasteiger partial charge >= 0.3 is 0 Å². The van der Waals surface area contributed by atoms with E-state index in [1.165, 1.54) is 11.1 Å². The fourth-order valence-electron chi connectivity index (χ4n) is 2.85. The molecule has 0 aliphatic heterocycles. The van der Waals surface area contributed by atoms with Gasteiger partial charge in [-0.15, -0.1) is 12.4 Å². The zero-order chi connectivity index (χ0) is 17.4. The normalized spacial score (nSPS) is 11.0. The molecule has 3 N–H and O–H groups in total. The number of hydrogen-bond acceptors (Lipinski definition) is 2. The van der Waals surface area contributed by atoms with Crippen LogP contribution in [0.25, 0.3) is 0 Å². The highest BCUT2D eigenvalue weighted by atomic mass is 35.5. The molecule has 4 heteroatoms. The fourth-order valence-corrected chi connectivity index (χ4v) is 2.85. The third kappa shape index (κ3) is 7.72. The van der Waals surface area contributed by atoms with Gasteiger partial charge in [0, 0.05) is 18.5 Å². The summed E-state index contributed by atoms with van der Waals surface area (Å²) >= 11 is 0. The number of nitrogens with two attached hydrogens (primary N) is 1. The molecule has 25 heavy (non-hydrogen) atoms. The smallest absolute Gasteiger partial charge is 0.220 e. The van der Waals surface area contributed by atoms with Crippen LogP contribution in [0.1, 0.15) is 31.4 Å². The van der Waals surface area contributed by atoms with Gasteiger partial charge in [0.15, 0.2) is 0 Å². The molecule has 0 heterocycles. The minimum Gasteiger partial charge on any atom is -0.350 e. The Hall–Kier alpha value is -1.84. The lowest BCUT2D eigenvalue weighted by Crippen LogP contribution is -2.49. The number of nitrogens with one attached hydrogen (secondary N) is 1. The molecule has 0 aliphatic carbocycles. The number of hydrogen-bond donors (Lipinski definition) is 2. The van der Waals surface area contributed by atoms with Gasteiger partial charge in [0.05, 0.1) is 0 Å². The maximum Gasteiger partial charge on any atom is 0.220 e. The summed E-state index contributed by atoms with van der Waals surface area (Å²) in [5, 5.41) is 3.04. The Morgan fingerprint density at radius 1 is 0.960 bits per heavy atom. The Morgan fingerprint density at radius 3 is 1.80 bits per heavy atom. The van der Waals surface area contributed by atoms with Gasteiger partial charge in [0.2, 0.25) is 5.91 Å². The summed E-state index contributed by atoms with van der Waals surface area (Å²) in [5.74, 6) is 0.339. The van der Waals surface area contributed by atoms with E-state index in [-0.39, 0.29) is 29.8 Å². The van der Waals surface area contributed by atoms with Gasteiger partial charge in [-0.1, -0.05) is 60.7 Å². The number of carbonyl (C=O) groups excluding carboxylic acids is 1. The second-order valence-electron chi connectivity index (χ2n) is 7.09. The topological polar surface area (TPSA) is 55.1 Å². The number of rotatable bonds is 8. The largest absolute Gasteiger partial charge is 0.350 e. The van der Waals surface area contributed by atoms with Crippen molar-refractivity contribution in [1.82, 2.24) is 5.32 Å². The van der Waals surface area contributed by atoms with Gasteiger partial charge in [0.25, 0.3) is 0 Å². The van der Waals surface area contributed by atoms with Crippen LogP contribution >= 0.6 is 12.4 Å². The minimum absolute atomic E-state index is 0. The standard InChI is InChI=1S/C21H28N2O.ClH/c1-21(2,16-22)23-20(24)15-19(13-17-9-5-3-6-10-17)14-18-11-7-4-8-12-18;/h3-12,19H,13-16,22H2,1-2H3,(H,23,24);1H. The van der Waals surface area contributed by atoms with Crippen LogP contribution in [0, 0.1) is 5.92 Å². The van der Waals surface area contributed by atoms with Crippen molar-refractivity contribution in [2.45, 2.75) is 38.6 Å². The Morgan fingerprint density at radius 2 is 1.40 bits per heavy atom. The lowest BCUT2D eigenvalue weighted by molar-refractivity contribution is -0.123. The maximum absolute atomic E-state index is 12.4. The van der Waals surface area contributed by atoms with E-state index in [9.17, 15) is 4.79 Å². The molecular weight excluding hydrogens is 332 g/mol. The van der Waals surface area contributed by atoms with Crippen molar-refractivity contribution in [1.29, 1.82) is 0 Å². The molecule has 2 rings (SSSR count). The molecule has 0 saturated heterocycles. The Labute approximate surface area is 157 Å². The first-order valence-corrected chi connectivity index (χ1v) is 8.57. The van der Waals surface area contributed by atoms with Crippen LogP contribution in [-0.4, -0.2) is 18.0 Å². The summed E-state index contributed by atoms with van der Waals surface area (Å²) in [6.07, 6.45) is 2.30. The first-order valence-electron chi connectivity index (χ1n) is 8.57. The second kappa shape index (κ2) is 10.2. The third-order valence-electron chi connectivity index (χ3n) is 4.20. The van der Waals surface area contributed by atoms with Crippen molar-refractivity contribution in [2.24, 2.45) is 11.7 Å². The second-order valence-corrected chi connectivity index (χ2v) is 7.09. The first kappa shape index (κ1) is 21.2. The fraction of sp³-hybridized carbons (Fsp3) is 0.381. The quantitative estimate of drug-likeness (QED) is 0.753. The molecule has 0 spiro atoms. The molecule has 0 aromatic heterocycles. The molecule has 0 aliphatic rings. The molecule has 0 bridgehead atoms. The maximum atomic E-state index is 12.4. The highest BCUT2D eigenvalue weighted by molar-refractivity contribution is 5.85. The minimum atomic E-state index is -0.360. The molecule has 0 atom stereocenters. The predicted molar refractivity (Wildman–Crippen MR) is 107 cm³/mol. The Balaban J connectivity index is 0.00000312. The lowest BCUT2D eigenvalue weighted by atomic mass is 9.89. The summed E-state index contributed by atoms with van der Waals surface area (Å²) in [6.45, 7) is 4.34. The van der Waals surface area contributed by atoms with Crippen LogP contribution in [-0.2, 0) is 17.6 Å². The summed E-state index contributed by atoms with van der Waals surface area (Å²) in [5.41, 5.74) is 7.89. The van der Waals surface area contributed by atoms with Gasteiger partial charge in [0.1, 0.15) is 0 Å². The predicted octanol–water partition coefficient (Wildman–Crippen LogP) is 3.75. The van der Waals surface area contributed by atoms with Crippen molar-refractivity contribution in [3.8, 4) is 0 Å². The number of benzene rings is 2. The van der Waals surface area contributed by atoms with Crippen LogP contribution < -0.4 is 11.1 Å². The molecule has 0 saturated carbocycles. The van der Waals surface area contributed by atoms with Gasteiger partial charge in [-0.3, -0.25) is 4.79 Å². The van der Waals surface area contributed by atoms with Gasteiger partial charge < -0.3 is 11.1 Å². The SMILES string of the molecule is CC(C)(CN)NC(=O)CC(Cc1ccccc1)Cc1ccccc1.Cl. The molecule has 2 aromatic carbocycles. The van der Waals surface area contributed by atoms with E-state index in [4.69, 9.17) is 5.73 Å². The van der Waals surface area contributed by atoms with Crippen molar-refractivity contribution in [3.05, 3.63) is 71.8 Å². The van der Waals surface area contributed by atoms with E-state index in [0.717, 1.165) is 12.8 Å². The molecule has 1 amide bonds. The van der Waals surface area contributed by atoms with E-state index in [0.29, 0.717) is 13.0 Å². The monoisotopic (exact) mass is 360 g/mol. The van der Waals surface area contributed by atoms with Gasteiger partial charge in [-0.2, -0.15) is 0 Å². The van der Waals surface area contributed by atoms with Crippen molar-refractivity contribution in [3.63, 3.8) is 0 Å². The zero-order valence-electron chi connectivity index (χ0n) is 15.1. The molecule has 0 radical (unpaired) electrons. The zero-order valence-corrected chi connectivity index (χ0v) is 15.9. The third-order valence-corrected chi connectivity index (χ3v) is 4.20. The van der Waals surface area contributed by atoms with Crippen molar-refractivity contribution in [2.75, 3.05) is 6.54 Å². The number of amides is 1. The average Bonchev–Trinajstić information content (AvgIpc) is 2.56. The van der Waals surface area contributed by atoms with Gasteiger partial charge in [-0.25, -0.2) is 0 Å². The lowest BCUT2D eigenvalue weighted by Gasteiger charge is -2.26. The highest BCUT2D eigenvalue weighted by Gasteiger charge is 2.21. The summed E-state index contributed by atoms with van der Waals surface area (Å²) in [4.78, 5) is 12.4. The molecule has 136 valence electrons. The molecule has 0 fully saturated rings. The Bertz CT molecular complexity index is 587. The average molecular weight is 361 g/mol. The van der Waals surface area contributed by atoms with E-state index >= 15 is 0 Å². The first-order chi connectivity index (χ1) is 11.5. The van der Waals surface area contributed by atoms with Crippen LogP contribution in [0.4, 0.5) is 0 Å². The van der Waals surface area contributed by atoms with E-state index in [1.54, 1.807) is 0 Å². The van der Waals surface area contributed by atoms with Crippen LogP contribution in [0.15, 0.2) is 60.7 Å². The van der Waals surface area contributed by atoms with E-state index < -0.39 is 0 Å². The molecular formula is C21H29ClN2O. The summed E-state index contributed by atoms with van der Waals surface area (Å²) in [6, 6.07) is 20.7. The van der Waals surface area contributed by atoms with E-state index in [1.807, 2.05) is 50.2 Å². The Kier molecular flexibility index (Phi) is 8.67. The van der Waals surface area contributed by atoms with Crippen molar-refractivity contribution < 1.29 is 4.79 Å². The van der Waals surface area contributed by atoms with Crippen molar-refractivity contribution >= 4 is 18.3 Å². The van der Waals surface area contributed by atoms with Crippen LogP contribution in [0.2, 0.25) is 0 Å². The number of carbonyl (C=O) groups is 1. The molecule has 3 nitrogen and oxygen atoms in total. The van der Waals surface area contributed by atoms with Crippen LogP contribution in [0.5, 0.6) is 0 Å². The number of halogens is 1. The molecule has 2 aromatic rings. The van der Waals surface area contributed by atoms with Crippen LogP contribution in [0.3, 0.4) is 0 Å². The highest BCUT2D eigenvalue weighted by Crippen LogP contribution is 2.18. The summed E-state index contributed by atoms with van der Waals surface area (Å²) < 4.78 is 0.